The van der Waals surface area contributed by atoms with Gasteiger partial charge in [0.05, 0.1) is 25.6 Å². The van der Waals surface area contributed by atoms with E-state index in [1.165, 1.54) is 7.11 Å². The number of carbonyl (C=O) groups is 1. The van der Waals surface area contributed by atoms with E-state index in [0.717, 1.165) is 0 Å². The van der Waals surface area contributed by atoms with Gasteiger partial charge in [0.2, 0.25) is 5.91 Å². The third-order valence-electron chi connectivity index (χ3n) is 2.57. The second-order valence-corrected chi connectivity index (χ2v) is 3.77. The summed E-state index contributed by atoms with van der Waals surface area (Å²) in [4.78, 5) is 11.4. The molecule has 18 heavy (non-hydrogen) atoms. The summed E-state index contributed by atoms with van der Waals surface area (Å²) in [5.41, 5.74) is 7.00. The van der Waals surface area contributed by atoms with Gasteiger partial charge in [-0.1, -0.05) is 0 Å². The Hall–Kier alpha value is -2.11. The molecule has 0 fully saturated rings. The van der Waals surface area contributed by atoms with E-state index in [0.29, 0.717) is 22.9 Å². The maximum atomic E-state index is 11.4. The van der Waals surface area contributed by atoms with Crippen LogP contribution in [0.2, 0.25) is 0 Å². The minimum absolute atomic E-state index is 0.121. The van der Waals surface area contributed by atoms with Crippen LogP contribution >= 0.6 is 0 Å². The first-order valence-electron chi connectivity index (χ1n) is 5.53. The number of methoxy groups -OCH3 is 2. The van der Waals surface area contributed by atoms with Crippen molar-refractivity contribution in [3.63, 3.8) is 0 Å². The number of hydrogen-bond acceptors (Lipinski definition) is 5. The molecular weight excluding hydrogens is 234 g/mol. The molecule has 0 heterocycles. The number of carbonyl (C=O) groups excluding carboxylic acids is 1. The molecule has 0 saturated heterocycles. The van der Waals surface area contributed by atoms with Gasteiger partial charge in [-0.05, 0) is 6.92 Å². The van der Waals surface area contributed by atoms with Crippen molar-refractivity contribution in [1.82, 2.24) is 5.32 Å². The van der Waals surface area contributed by atoms with Crippen molar-refractivity contribution in [2.45, 2.75) is 13.0 Å². The third-order valence-corrected chi connectivity index (χ3v) is 2.57. The lowest BCUT2D eigenvalue weighted by Gasteiger charge is -2.17. The van der Waals surface area contributed by atoms with E-state index in [4.69, 9.17) is 15.2 Å². The molecule has 1 unspecified atom stereocenters. The minimum Gasteiger partial charge on any atom is -0.493 e. The Morgan fingerprint density at radius 2 is 1.83 bits per heavy atom. The van der Waals surface area contributed by atoms with Gasteiger partial charge < -0.3 is 25.8 Å². The molecule has 1 atom stereocenters. The molecule has 0 aliphatic carbocycles. The highest BCUT2D eigenvalue weighted by atomic mass is 16.5. The van der Waals surface area contributed by atoms with Crippen LogP contribution in [0.4, 0.5) is 11.4 Å². The van der Waals surface area contributed by atoms with Crippen LogP contribution in [0.3, 0.4) is 0 Å². The highest BCUT2D eigenvalue weighted by Crippen LogP contribution is 2.34. The first kappa shape index (κ1) is 14.0. The van der Waals surface area contributed by atoms with E-state index in [2.05, 4.69) is 10.6 Å². The number of likely N-dealkylation sites (N-methyl/N-ethyl adjacent to an activating group) is 1. The number of rotatable bonds is 5. The summed E-state index contributed by atoms with van der Waals surface area (Å²) >= 11 is 0. The monoisotopic (exact) mass is 253 g/mol. The number of ether oxygens (including phenoxy) is 2. The van der Waals surface area contributed by atoms with Gasteiger partial charge in [-0.15, -0.1) is 0 Å². The zero-order valence-electron chi connectivity index (χ0n) is 11.0. The van der Waals surface area contributed by atoms with Crippen molar-refractivity contribution >= 4 is 17.3 Å². The van der Waals surface area contributed by atoms with E-state index in [1.54, 1.807) is 33.2 Å². The normalized spacial score (nSPS) is 11.6. The number of benzene rings is 1. The topological polar surface area (TPSA) is 85.6 Å². The van der Waals surface area contributed by atoms with Gasteiger partial charge in [0, 0.05) is 19.2 Å². The van der Waals surface area contributed by atoms with E-state index < -0.39 is 6.04 Å². The van der Waals surface area contributed by atoms with E-state index in [9.17, 15) is 4.79 Å². The summed E-state index contributed by atoms with van der Waals surface area (Å²) in [6, 6.07) is 2.96. The molecule has 1 rings (SSSR count). The highest BCUT2D eigenvalue weighted by Gasteiger charge is 2.14. The lowest BCUT2D eigenvalue weighted by Crippen LogP contribution is -2.35. The Bertz CT molecular complexity index is 435. The van der Waals surface area contributed by atoms with Crippen LogP contribution < -0.4 is 25.8 Å². The summed E-state index contributed by atoms with van der Waals surface area (Å²) < 4.78 is 10.3. The molecule has 0 bridgehead atoms. The van der Waals surface area contributed by atoms with Crippen molar-refractivity contribution < 1.29 is 14.3 Å². The smallest absolute Gasteiger partial charge is 0.241 e. The molecule has 1 aromatic carbocycles. The summed E-state index contributed by atoms with van der Waals surface area (Å²) in [7, 11) is 4.66. The summed E-state index contributed by atoms with van der Waals surface area (Å²) in [5.74, 6) is 0.982. The second kappa shape index (κ2) is 6.00. The molecule has 0 aliphatic rings. The summed E-state index contributed by atoms with van der Waals surface area (Å²) in [6.45, 7) is 1.75. The van der Waals surface area contributed by atoms with Gasteiger partial charge >= 0.3 is 0 Å². The number of amides is 1. The fraction of sp³-hybridized carbons (Fsp3) is 0.417. The standard InChI is InChI=1S/C12H19N3O3/c1-7(12(16)14-2)15-9-6-11(18-4)10(17-3)5-8(9)13/h5-7,15H,13H2,1-4H3,(H,14,16). The molecule has 6 nitrogen and oxygen atoms in total. The number of nitrogen functional groups attached to an aromatic ring is 1. The largest absolute Gasteiger partial charge is 0.493 e. The van der Waals surface area contributed by atoms with E-state index >= 15 is 0 Å². The average Bonchev–Trinajstić information content (AvgIpc) is 2.39. The maximum Gasteiger partial charge on any atom is 0.241 e. The fourth-order valence-corrected chi connectivity index (χ4v) is 1.54. The zero-order chi connectivity index (χ0) is 13.7. The number of hydrogen-bond donors (Lipinski definition) is 3. The van der Waals surface area contributed by atoms with Gasteiger partial charge in [-0.2, -0.15) is 0 Å². The van der Waals surface area contributed by atoms with Gasteiger partial charge in [0.25, 0.3) is 0 Å². The number of anilines is 2. The van der Waals surface area contributed by atoms with Crippen molar-refractivity contribution in [3.05, 3.63) is 12.1 Å². The molecule has 100 valence electrons. The molecule has 1 amide bonds. The molecule has 0 saturated carbocycles. The minimum atomic E-state index is -0.393. The van der Waals surface area contributed by atoms with Gasteiger partial charge in [0.15, 0.2) is 11.5 Å². The lowest BCUT2D eigenvalue weighted by molar-refractivity contribution is -0.121. The van der Waals surface area contributed by atoms with Crippen LogP contribution in [-0.2, 0) is 4.79 Å². The van der Waals surface area contributed by atoms with Gasteiger partial charge in [-0.3, -0.25) is 4.79 Å². The summed E-state index contributed by atoms with van der Waals surface area (Å²) in [6.07, 6.45) is 0. The second-order valence-electron chi connectivity index (χ2n) is 3.77. The van der Waals surface area contributed by atoms with E-state index in [-0.39, 0.29) is 5.91 Å². The summed E-state index contributed by atoms with van der Waals surface area (Å²) in [5, 5.41) is 5.57. The Labute approximate surface area is 106 Å². The maximum absolute atomic E-state index is 11.4. The van der Waals surface area contributed by atoms with Crippen LogP contribution in [0.1, 0.15) is 6.92 Å². The molecule has 0 aromatic heterocycles. The fourth-order valence-electron chi connectivity index (χ4n) is 1.54. The van der Waals surface area contributed by atoms with Gasteiger partial charge in [-0.25, -0.2) is 0 Å². The van der Waals surface area contributed by atoms with Crippen molar-refractivity contribution in [3.8, 4) is 11.5 Å². The number of nitrogens with two attached hydrogens (primary N) is 1. The van der Waals surface area contributed by atoms with E-state index in [1.807, 2.05) is 0 Å². The Morgan fingerprint density at radius 1 is 1.28 bits per heavy atom. The quantitative estimate of drug-likeness (QED) is 0.677. The highest BCUT2D eigenvalue weighted by molar-refractivity contribution is 5.85. The predicted molar refractivity (Wildman–Crippen MR) is 71.1 cm³/mol. The Morgan fingerprint density at radius 3 is 2.33 bits per heavy atom. The SMILES string of the molecule is CNC(=O)C(C)Nc1cc(OC)c(OC)cc1N. The molecule has 6 heteroatoms. The first-order valence-corrected chi connectivity index (χ1v) is 5.53. The molecule has 4 N–H and O–H groups in total. The van der Waals surface area contributed by atoms with Crippen molar-refractivity contribution in [1.29, 1.82) is 0 Å². The molecule has 0 aliphatic heterocycles. The third kappa shape index (κ3) is 2.97. The molecule has 0 spiro atoms. The lowest BCUT2D eigenvalue weighted by atomic mass is 10.2. The van der Waals surface area contributed by atoms with Gasteiger partial charge in [0.1, 0.15) is 6.04 Å². The Balaban J connectivity index is 2.99. The number of nitrogens with one attached hydrogen (secondary N) is 2. The predicted octanol–water partition coefficient (Wildman–Crippen LogP) is 0.832. The van der Waals surface area contributed by atoms with Crippen LogP contribution in [0.15, 0.2) is 12.1 Å². The van der Waals surface area contributed by atoms with Crippen LogP contribution in [0.25, 0.3) is 0 Å². The molecule has 0 radical (unpaired) electrons. The van der Waals surface area contributed by atoms with Crippen molar-refractivity contribution in [2.24, 2.45) is 0 Å². The average molecular weight is 253 g/mol. The molecular formula is C12H19N3O3. The van der Waals surface area contributed by atoms with Crippen LogP contribution in [0, 0.1) is 0 Å². The molecule has 1 aromatic rings. The Kier molecular flexibility index (Phi) is 4.65. The van der Waals surface area contributed by atoms with Crippen LogP contribution in [-0.4, -0.2) is 33.2 Å². The van der Waals surface area contributed by atoms with Crippen LogP contribution in [0.5, 0.6) is 11.5 Å². The van der Waals surface area contributed by atoms with Crippen molar-refractivity contribution in [2.75, 3.05) is 32.3 Å². The first-order chi connectivity index (χ1) is 8.53. The zero-order valence-corrected chi connectivity index (χ0v) is 11.0.